The molecule has 1 amide bonds. The summed E-state index contributed by atoms with van der Waals surface area (Å²) in [6, 6.07) is 14.0. The molecule has 0 atom stereocenters. The zero-order valence-electron chi connectivity index (χ0n) is 18.5. The summed E-state index contributed by atoms with van der Waals surface area (Å²) in [5.41, 5.74) is 5.60. The molecule has 3 aromatic rings. The van der Waals surface area contributed by atoms with Crippen LogP contribution in [0.25, 0.3) is 17.0 Å². The number of hydrazine groups is 1. The Kier molecular flexibility index (Phi) is 8.21. The van der Waals surface area contributed by atoms with Gasteiger partial charge in [-0.2, -0.15) is 0 Å². The number of fused-ring (bicyclic) bond motifs is 1. The molecule has 1 heterocycles. The topological polar surface area (TPSA) is 104 Å². The quantitative estimate of drug-likeness (QED) is 0.0736. The van der Waals surface area contributed by atoms with Crippen LogP contribution >= 0.6 is 0 Å². The number of H-pyrrole nitrogens is 1. The zero-order valence-corrected chi connectivity index (χ0v) is 18.5. The maximum atomic E-state index is 11.3. The van der Waals surface area contributed by atoms with Crippen LogP contribution < -0.4 is 15.9 Å². The Morgan fingerprint density at radius 2 is 2.00 bits per heavy atom. The lowest BCUT2D eigenvalue weighted by molar-refractivity contribution is -0.160. The molecular formula is C25H30N4O3. The number of hydroxylamine groups is 1. The Labute approximate surface area is 188 Å². The molecule has 7 heteroatoms. The number of carbonyl (C=O) groups is 1. The number of hydrogen-bond acceptors (Lipinski definition) is 5. The molecule has 1 aromatic heterocycles. The number of allylic oxidation sites excluding steroid dienone is 1. The lowest BCUT2D eigenvalue weighted by atomic mass is 10.1. The van der Waals surface area contributed by atoms with Crippen molar-refractivity contribution < 1.29 is 14.7 Å². The molecule has 0 aliphatic rings. The first-order chi connectivity index (χ1) is 15.4. The van der Waals surface area contributed by atoms with Crippen LogP contribution in [0.4, 0.5) is 0 Å². The van der Waals surface area contributed by atoms with E-state index in [2.05, 4.69) is 48.6 Å². The van der Waals surface area contributed by atoms with Crippen molar-refractivity contribution in [2.24, 2.45) is 5.84 Å². The van der Waals surface area contributed by atoms with Gasteiger partial charge in [-0.3, -0.25) is 10.0 Å². The Balaban J connectivity index is 1.50. The highest BCUT2D eigenvalue weighted by molar-refractivity contribution is 5.90. The van der Waals surface area contributed by atoms with Crippen LogP contribution in [0.1, 0.15) is 30.5 Å². The van der Waals surface area contributed by atoms with Crippen LogP contribution in [0.5, 0.6) is 5.75 Å². The van der Waals surface area contributed by atoms with Gasteiger partial charge in [-0.05, 0) is 73.9 Å². The molecular weight excluding hydrogens is 404 g/mol. The molecule has 0 unspecified atom stereocenters. The van der Waals surface area contributed by atoms with Gasteiger partial charge >= 0.3 is 0 Å². The predicted octanol–water partition coefficient (Wildman–Crippen LogP) is 3.95. The molecule has 3 rings (SSSR count). The number of nitrogens with zero attached hydrogens (tertiary/aromatic N) is 1. The minimum absolute atomic E-state index is 0.0565. The molecule has 0 saturated heterocycles. The maximum Gasteiger partial charge on any atom is 0.284 e. The van der Waals surface area contributed by atoms with Crippen molar-refractivity contribution in [3.8, 4) is 5.75 Å². The Morgan fingerprint density at radius 1 is 1.22 bits per heavy atom. The van der Waals surface area contributed by atoms with Gasteiger partial charge < -0.3 is 15.0 Å². The first-order valence-corrected chi connectivity index (χ1v) is 10.5. The average molecular weight is 435 g/mol. The molecule has 0 bridgehead atoms. The van der Waals surface area contributed by atoms with Crippen molar-refractivity contribution >= 4 is 22.9 Å². The number of nitrogens with one attached hydrogen (secondary N) is 2. The van der Waals surface area contributed by atoms with Crippen molar-refractivity contribution in [3.05, 3.63) is 83.1 Å². The molecule has 0 radical (unpaired) electrons. The third-order valence-electron chi connectivity index (χ3n) is 5.00. The van der Waals surface area contributed by atoms with Crippen molar-refractivity contribution in [3.63, 3.8) is 0 Å². The second-order valence-electron chi connectivity index (χ2n) is 7.80. The molecule has 5 N–H and O–H groups in total. The minimum Gasteiger partial charge on any atom is -0.490 e. The third kappa shape index (κ3) is 6.81. The number of rotatable bonds is 10. The van der Waals surface area contributed by atoms with Crippen LogP contribution in [0, 0.1) is 0 Å². The van der Waals surface area contributed by atoms with Gasteiger partial charge in [0.05, 0.1) is 0 Å². The molecule has 168 valence electrons. The van der Waals surface area contributed by atoms with E-state index in [1.54, 1.807) is 6.08 Å². The van der Waals surface area contributed by atoms with Crippen LogP contribution in [-0.2, 0) is 17.8 Å². The van der Waals surface area contributed by atoms with E-state index in [0.29, 0.717) is 6.61 Å². The summed E-state index contributed by atoms with van der Waals surface area (Å²) in [6.07, 6.45) is 7.84. The van der Waals surface area contributed by atoms with Gasteiger partial charge in [0.1, 0.15) is 12.4 Å². The average Bonchev–Trinajstić information content (AvgIpc) is 3.17. The van der Waals surface area contributed by atoms with E-state index in [1.165, 1.54) is 22.6 Å². The van der Waals surface area contributed by atoms with E-state index in [9.17, 15) is 4.79 Å². The molecule has 32 heavy (non-hydrogen) atoms. The van der Waals surface area contributed by atoms with Crippen molar-refractivity contribution in [2.45, 2.75) is 26.8 Å². The number of amides is 1. The lowest BCUT2D eigenvalue weighted by Gasteiger charge is -2.07. The second-order valence-corrected chi connectivity index (χ2v) is 7.80. The largest absolute Gasteiger partial charge is 0.490 e. The molecule has 7 nitrogen and oxygen atoms in total. The molecule has 0 spiro atoms. The van der Waals surface area contributed by atoms with Crippen LogP contribution in [0.2, 0.25) is 0 Å². The standard InChI is InChI=1S/C25H30N4O3/c1-18(2)12-14-32-22-8-9-24-23(15-22)21(17-28-24)11-13-27-16-20-5-3-19(4-6-20)7-10-25(30)29(26)31/h3-10,12,15,17,27-28,31H,11,13-14,16,26H2,1-2H3/b10-7+. The van der Waals surface area contributed by atoms with Crippen molar-refractivity contribution in [1.29, 1.82) is 0 Å². The monoisotopic (exact) mass is 434 g/mol. The summed E-state index contributed by atoms with van der Waals surface area (Å²) >= 11 is 0. The third-order valence-corrected chi connectivity index (χ3v) is 5.00. The van der Waals surface area contributed by atoms with Gasteiger partial charge in [0.2, 0.25) is 0 Å². The molecule has 2 aromatic carbocycles. The number of nitrogens with two attached hydrogens (primary N) is 1. The predicted molar refractivity (Wildman–Crippen MR) is 127 cm³/mol. The van der Waals surface area contributed by atoms with Gasteiger partial charge in [0.25, 0.3) is 5.91 Å². The fraction of sp³-hybridized carbons (Fsp3) is 0.240. The summed E-state index contributed by atoms with van der Waals surface area (Å²) in [4.78, 5) is 14.6. The van der Waals surface area contributed by atoms with E-state index in [-0.39, 0.29) is 5.17 Å². The van der Waals surface area contributed by atoms with E-state index in [4.69, 9.17) is 15.8 Å². The highest BCUT2D eigenvalue weighted by Gasteiger charge is 2.06. The first kappa shape index (κ1) is 23.3. The maximum absolute atomic E-state index is 11.3. The van der Waals surface area contributed by atoms with E-state index in [1.807, 2.05) is 30.3 Å². The second kappa shape index (κ2) is 11.3. The number of carbonyl (C=O) groups excluding carboxylic acids is 1. The zero-order chi connectivity index (χ0) is 22.9. The summed E-state index contributed by atoms with van der Waals surface area (Å²) < 4.78 is 5.83. The van der Waals surface area contributed by atoms with E-state index in [0.717, 1.165) is 41.9 Å². The van der Waals surface area contributed by atoms with Gasteiger partial charge in [0.15, 0.2) is 0 Å². The van der Waals surface area contributed by atoms with Crippen molar-refractivity contribution in [2.75, 3.05) is 13.2 Å². The van der Waals surface area contributed by atoms with Crippen molar-refractivity contribution in [1.82, 2.24) is 15.5 Å². The Bertz CT molecular complexity index is 1090. The van der Waals surface area contributed by atoms with Gasteiger partial charge in [0, 0.05) is 29.7 Å². The smallest absolute Gasteiger partial charge is 0.284 e. The lowest BCUT2D eigenvalue weighted by Crippen LogP contribution is -2.32. The van der Waals surface area contributed by atoms with Gasteiger partial charge in [-0.1, -0.05) is 29.8 Å². The molecule has 0 fully saturated rings. The normalized spacial score (nSPS) is 11.1. The molecule has 0 saturated carbocycles. The summed E-state index contributed by atoms with van der Waals surface area (Å²) in [5, 5.41) is 13.6. The Hall–Kier alpha value is -3.39. The number of aromatic nitrogens is 1. The highest BCUT2D eigenvalue weighted by Crippen LogP contribution is 2.24. The fourth-order valence-corrected chi connectivity index (χ4v) is 3.20. The number of aromatic amines is 1. The minimum atomic E-state index is -0.681. The molecule has 0 aliphatic heterocycles. The SMILES string of the molecule is CC(C)=CCOc1ccc2[nH]cc(CCNCc3ccc(/C=C/C(=O)N(N)O)cc3)c2c1. The Morgan fingerprint density at radius 3 is 2.72 bits per heavy atom. The van der Waals surface area contributed by atoms with Crippen LogP contribution in [-0.4, -0.2) is 34.4 Å². The fourth-order valence-electron chi connectivity index (χ4n) is 3.20. The number of hydrogen-bond donors (Lipinski definition) is 4. The summed E-state index contributed by atoms with van der Waals surface area (Å²) in [5.74, 6) is 5.16. The van der Waals surface area contributed by atoms with Gasteiger partial charge in [-0.25, -0.2) is 5.84 Å². The van der Waals surface area contributed by atoms with Crippen LogP contribution in [0.15, 0.2) is 66.4 Å². The first-order valence-electron chi connectivity index (χ1n) is 10.5. The summed E-state index contributed by atoms with van der Waals surface area (Å²) in [7, 11) is 0. The molecule has 0 aliphatic carbocycles. The summed E-state index contributed by atoms with van der Waals surface area (Å²) in [6.45, 7) is 6.29. The number of ether oxygens (including phenoxy) is 1. The van der Waals surface area contributed by atoms with Crippen LogP contribution in [0.3, 0.4) is 0 Å². The highest BCUT2D eigenvalue weighted by atomic mass is 16.5. The number of benzene rings is 2. The van der Waals surface area contributed by atoms with E-state index >= 15 is 0 Å². The van der Waals surface area contributed by atoms with E-state index < -0.39 is 5.91 Å². The van der Waals surface area contributed by atoms with Gasteiger partial charge in [-0.15, -0.1) is 5.17 Å².